The fourth-order valence-electron chi connectivity index (χ4n) is 4.71. The number of nitrogens with zero attached hydrogens (tertiary/aromatic N) is 1. The number of nitrogens with one attached hydrogen (secondary N) is 1. The normalized spacial score (nSPS) is 15.4. The molecule has 1 atom stereocenters. The van der Waals surface area contributed by atoms with Crippen molar-refractivity contribution in [2.45, 2.75) is 38.8 Å². The molecule has 3 heterocycles. The van der Waals surface area contributed by atoms with Crippen molar-refractivity contribution in [1.29, 1.82) is 0 Å². The number of pyridine rings is 1. The van der Waals surface area contributed by atoms with Gasteiger partial charge in [0.2, 0.25) is 5.56 Å². The topological polar surface area (TPSA) is 58.5 Å². The molecule has 0 saturated carbocycles. The predicted octanol–water partition coefficient (Wildman–Crippen LogP) is 4.66. The van der Waals surface area contributed by atoms with Gasteiger partial charge in [-0.15, -0.1) is 0 Å². The maximum Gasteiger partial charge on any atom is 0.248 e. The molecule has 0 amide bonds. The summed E-state index contributed by atoms with van der Waals surface area (Å²) in [5.74, 6) is 1.85. The molecular formula is C25H26N2O3. The van der Waals surface area contributed by atoms with Gasteiger partial charge in [0.25, 0.3) is 0 Å². The van der Waals surface area contributed by atoms with E-state index in [-0.39, 0.29) is 5.56 Å². The molecule has 1 aliphatic heterocycles. The summed E-state index contributed by atoms with van der Waals surface area (Å²) in [5, 5.41) is 2.24. The highest BCUT2D eigenvalue weighted by Gasteiger charge is 2.27. The number of H-pyrrole nitrogens is 1. The SMILES string of the molecule is CCC(Cc1ccc2ccc(=O)[nH]c2c1)N1CCc2c(oc3c(OC)cccc23)C1. The van der Waals surface area contributed by atoms with Gasteiger partial charge in [0.1, 0.15) is 5.76 Å². The van der Waals surface area contributed by atoms with Crippen molar-refractivity contribution in [3.63, 3.8) is 0 Å². The molecule has 0 aliphatic carbocycles. The zero-order valence-corrected chi connectivity index (χ0v) is 17.4. The Labute approximate surface area is 175 Å². The van der Waals surface area contributed by atoms with E-state index in [0.29, 0.717) is 6.04 Å². The maximum absolute atomic E-state index is 11.7. The second kappa shape index (κ2) is 7.65. The van der Waals surface area contributed by atoms with Crippen LogP contribution in [0.25, 0.3) is 21.9 Å². The first-order chi connectivity index (χ1) is 14.7. The van der Waals surface area contributed by atoms with Crippen LogP contribution >= 0.6 is 0 Å². The summed E-state index contributed by atoms with van der Waals surface area (Å²) >= 11 is 0. The molecule has 2 aromatic carbocycles. The van der Waals surface area contributed by atoms with Gasteiger partial charge in [0.15, 0.2) is 11.3 Å². The number of ether oxygens (including phenoxy) is 1. The van der Waals surface area contributed by atoms with E-state index in [1.807, 2.05) is 18.2 Å². The van der Waals surface area contributed by atoms with Gasteiger partial charge in [0, 0.05) is 35.1 Å². The molecule has 0 spiro atoms. The summed E-state index contributed by atoms with van der Waals surface area (Å²) in [6.45, 7) is 4.07. The third-order valence-electron chi connectivity index (χ3n) is 6.33. The molecular weight excluding hydrogens is 376 g/mol. The first-order valence-corrected chi connectivity index (χ1v) is 10.6. The van der Waals surface area contributed by atoms with Gasteiger partial charge in [-0.05, 0) is 48.4 Å². The highest BCUT2D eigenvalue weighted by molar-refractivity contribution is 5.87. The van der Waals surface area contributed by atoms with Crippen LogP contribution in [0, 0.1) is 0 Å². The Bertz CT molecular complexity index is 1270. The van der Waals surface area contributed by atoms with Crippen LogP contribution < -0.4 is 10.3 Å². The van der Waals surface area contributed by atoms with Crippen molar-refractivity contribution >= 4 is 21.9 Å². The first-order valence-electron chi connectivity index (χ1n) is 10.6. The van der Waals surface area contributed by atoms with Crippen LogP contribution in [0.5, 0.6) is 5.75 Å². The lowest BCUT2D eigenvalue weighted by Crippen LogP contribution is -2.39. The lowest BCUT2D eigenvalue weighted by molar-refractivity contribution is 0.158. The summed E-state index contributed by atoms with van der Waals surface area (Å²) in [6.07, 6.45) is 2.99. The summed E-state index contributed by atoms with van der Waals surface area (Å²) in [7, 11) is 1.69. The van der Waals surface area contributed by atoms with Gasteiger partial charge in [0.05, 0.1) is 13.7 Å². The van der Waals surface area contributed by atoms with Crippen molar-refractivity contribution in [1.82, 2.24) is 9.88 Å². The molecule has 5 nitrogen and oxygen atoms in total. The van der Waals surface area contributed by atoms with Crippen molar-refractivity contribution in [3.05, 3.63) is 75.8 Å². The van der Waals surface area contributed by atoms with Crippen LogP contribution in [0.4, 0.5) is 0 Å². The van der Waals surface area contributed by atoms with E-state index >= 15 is 0 Å². The molecule has 4 aromatic rings. The molecule has 2 aromatic heterocycles. The average Bonchev–Trinajstić information content (AvgIpc) is 3.15. The molecule has 0 fully saturated rings. The van der Waals surface area contributed by atoms with Crippen LogP contribution in [0.3, 0.4) is 0 Å². The Kier molecular flexibility index (Phi) is 4.83. The van der Waals surface area contributed by atoms with Gasteiger partial charge in [-0.25, -0.2) is 0 Å². The van der Waals surface area contributed by atoms with Crippen LogP contribution in [0.15, 0.2) is 57.7 Å². The van der Waals surface area contributed by atoms with E-state index in [0.717, 1.165) is 60.3 Å². The number of methoxy groups -OCH3 is 1. The number of fused-ring (bicyclic) bond motifs is 4. The van der Waals surface area contributed by atoms with Crippen molar-refractivity contribution in [3.8, 4) is 5.75 Å². The van der Waals surface area contributed by atoms with Gasteiger partial charge in [-0.2, -0.15) is 0 Å². The van der Waals surface area contributed by atoms with Crippen molar-refractivity contribution in [2.24, 2.45) is 0 Å². The number of hydrogen-bond donors (Lipinski definition) is 1. The number of hydrogen-bond acceptors (Lipinski definition) is 4. The fraction of sp³-hybridized carbons (Fsp3) is 0.320. The minimum Gasteiger partial charge on any atom is -0.493 e. The molecule has 1 unspecified atom stereocenters. The Morgan fingerprint density at radius 1 is 1.20 bits per heavy atom. The molecule has 5 heteroatoms. The Morgan fingerprint density at radius 3 is 2.90 bits per heavy atom. The monoisotopic (exact) mass is 402 g/mol. The molecule has 0 bridgehead atoms. The first kappa shape index (κ1) is 18.9. The van der Waals surface area contributed by atoms with Crippen LogP contribution in [-0.2, 0) is 19.4 Å². The average molecular weight is 402 g/mol. The van der Waals surface area contributed by atoms with Gasteiger partial charge >= 0.3 is 0 Å². The number of para-hydroxylation sites is 1. The van der Waals surface area contributed by atoms with Gasteiger partial charge in [-0.1, -0.05) is 31.2 Å². The zero-order chi connectivity index (χ0) is 20.7. The highest BCUT2D eigenvalue weighted by atomic mass is 16.5. The lowest BCUT2D eigenvalue weighted by Gasteiger charge is -2.33. The van der Waals surface area contributed by atoms with E-state index in [2.05, 4.69) is 41.1 Å². The summed E-state index contributed by atoms with van der Waals surface area (Å²) in [6, 6.07) is 16.3. The van der Waals surface area contributed by atoms with E-state index in [4.69, 9.17) is 9.15 Å². The quantitative estimate of drug-likeness (QED) is 0.527. The Morgan fingerprint density at radius 2 is 2.07 bits per heavy atom. The molecule has 30 heavy (non-hydrogen) atoms. The third kappa shape index (κ3) is 3.29. The second-order valence-electron chi connectivity index (χ2n) is 8.07. The minimum absolute atomic E-state index is 0.0597. The summed E-state index contributed by atoms with van der Waals surface area (Å²) in [5.41, 5.74) is 4.26. The zero-order valence-electron chi connectivity index (χ0n) is 17.4. The van der Waals surface area contributed by atoms with E-state index in [1.54, 1.807) is 13.2 Å². The fourth-order valence-corrected chi connectivity index (χ4v) is 4.71. The van der Waals surface area contributed by atoms with Crippen LogP contribution in [0.2, 0.25) is 0 Å². The number of furan rings is 1. The van der Waals surface area contributed by atoms with E-state index < -0.39 is 0 Å². The van der Waals surface area contributed by atoms with Gasteiger partial charge in [-0.3, -0.25) is 9.69 Å². The smallest absolute Gasteiger partial charge is 0.248 e. The lowest BCUT2D eigenvalue weighted by atomic mass is 9.97. The summed E-state index contributed by atoms with van der Waals surface area (Å²) < 4.78 is 11.7. The third-order valence-corrected chi connectivity index (χ3v) is 6.33. The Balaban J connectivity index is 1.40. The van der Waals surface area contributed by atoms with Crippen molar-refractivity contribution < 1.29 is 9.15 Å². The number of aromatic amines is 1. The Hall–Kier alpha value is -3.05. The van der Waals surface area contributed by atoms with E-state index in [1.165, 1.54) is 16.5 Å². The number of benzene rings is 2. The number of aromatic nitrogens is 1. The largest absolute Gasteiger partial charge is 0.493 e. The molecule has 1 aliphatic rings. The van der Waals surface area contributed by atoms with Crippen LogP contribution in [0.1, 0.15) is 30.2 Å². The second-order valence-corrected chi connectivity index (χ2v) is 8.07. The molecule has 1 N–H and O–H groups in total. The predicted molar refractivity (Wildman–Crippen MR) is 119 cm³/mol. The highest BCUT2D eigenvalue weighted by Crippen LogP contribution is 2.36. The number of rotatable bonds is 5. The maximum atomic E-state index is 11.7. The molecule has 0 radical (unpaired) electrons. The molecule has 0 saturated heterocycles. The molecule has 154 valence electrons. The minimum atomic E-state index is -0.0597. The van der Waals surface area contributed by atoms with Gasteiger partial charge < -0.3 is 14.1 Å². The van der Waals surface area contributed by atoms with Crippen LogP contribution in [-0.4, -0.2) is 29.6 Å². The standard InChI is InChI=1S/C25H26N2O3/c1-3-18(13-16-7-8-17-9-10-24(28)26-21(17)14-16)27-12-11-19-20-5-4-6-22(29-2)25(20)30-23(19)15-27/h4-10,14,18H,3,11-13,15H2,1-2H3,(H,26,28). The summed E-state index contributed by atoms with van der Waals surface area (Å²) in [4.78, 5) is 17.1. The molecule has 5 rings (SSSR count). The van der Waals surface area contributed by atoms with E-state index in [9.17, 15) is 4.79 Å². The van der Waals surface area contributed by atoms with Crippen molar-refractivity contribution in [2.75, 3.05) is 13.7 Å².